The van der Waals surface area contributed by atoms with Crippen LogP contribution in [0, 0.1) is 5.92 Å². The Bertz CT molecular complexity index is 637. The monoisotopic (exact) mass is 390 g/mol. The molecule has 1 aliphatic heterocycles. The smallest absolute Gasteiger partial charge is 0.225 e. The van der Waals surface area contributed by atoms with Crippen LogP contribution >= 0.6 is 0 Å². The van der Waals surface area contributed by atoms with Gasteiger partial charge in [0.25, 0.3) is 0 Å². The Morgan fingerprint density at radius 1 is 1.29 bits per heavy atom. The third-order valence-corrected chi connectivity index (χ3v) is 5.63. The van der Waals surface area contributed by atoms with Crippen molar-refractivity contribution in [1.82, 2.24) is 10.2 Å². The minimum atomic E-state index is -0.785. The van der Waals surface area contributed by atoms with Gasteiger partial charge in [0, 0.05) is 20.1 Å². The van der Waals surface area contributed by atoms with E-state index >= 15 is 0 Å². The molecule has 1 unspecified atom stereocenters. The van der Waals surface area contributed by atoms with Crippen molar-refractivity contribution in [2.24, 2.45) is 5.92 Å². The number of nitrogens with zero attached hydrogens (tertiary/aromatic N) is 1. The molecule has 1 aromatic rings. The number of benzene rings is 1. The number of amides is 2. The molecular formula is C22H34N2O4. The van der Waals surface area contributed by atoms with Crippen molar-refractivity contribution in [3.05, 3.63) is 35.9 Å². The van der Waals surface area contributed by atoms with E-state index in [2.05, 4.69) is 5.32 Å². The molecule has 2 amide bonds. The molecule has 28 heavy (non-hydrogen) atoms. The fourth-order valence-electron chi connectivity index (χ4n) is 4.02. The van der Waals surface area contributed by atoms with Crippen molar-refractivity contribution < 1.29 is 19.4 Å². The molecule has 1 fully saturated rings. The predicted molar refractivity (Wildman–Crippen MR) is 109 cm³/mol. The Morgan fingerprint density at radius 2 is 1.96 bits per heavy atom. The van der Waals surface area contributed by atoms with Gasteiger partial charge in [0.2, 0.25) is 11.8 Å². The minimum absolute atomic E-state index is 0.0841. The number of hydrogen-bond donors (Lipinski definition) is 2. The third-order valence-electron chi connectivity index (χ3n) is 5.63. The van der Waals surface area contributed by atoms with E-state index in [1.807, 2.05) is 49.1 Å². The van der Waals surface area contributed by atoms with Crippen LogP contribution in [0.15, 0.2) is 30.3 Å². The fourth-order valence-corrected chi connectivity index (χ4v) is 4.02. The molecule has 0 aliphatic carbocycles. The zero-order valence-corrected chi connectivity index (χ0v) is 17.4. The Kier molecular flexibility index (Phi) is 8.45. The Morgan fingerprint density at radius 3 is 2.57 bits per heavy atom. The predicted octanol–water partition coefficient (Wildman–Crippen LogP) is 2.67. The quantitative estimate of drug-likeness (QED) is 0.679. The van der Waals surface area contributed by atoms with Gasteiger partial charge in [-0.25, -0.2) is 0 Å². The first kappa shape index (κ1) is 22.4. The van der Waals surface area contributed by atoms with E-state index in [4.69, 9.17) is 4.74 Å². The van der Waals surface area contributed by atoms with Crippen molar-refractivity contribution in [1.29, 1.82) is 0 Å². The second-order valence-corrected chi connectivity index (χ2v) is 7.69. The molecule has 1 aromatic carbocycles. The van der Waals surface area contributed by atoms with Gasteiger partial charge in [-0.1, -0.05) is 44.2 Å². The summed E-state index contributed by atoms with van der Waals surface area (Å²) in [5.41, 5.74) is 0.762. The summed E-state index contributed by atoms with van der Waals surface area (Å²) in [5.74, 6) is -0.480. The van der Waals surface area contributed by atoms with Gasteiger partial charge in [0.1, 0.15) is 0 Å². The zero-order valence-electron chi connectivity index (χ0n) is 17.4. The summed E-state index contributed by atoms with van der Waals surface area (Å²) in [6.45, 7) is 6.33. The topological polar surface area (TPSA) is 78.9 Å². The lowest BCUT2D eigenvalue weighted by Gasteiger charge is -2.34. The van der Waals surface area contributed by atoms with E-state index in [-0.39, 0.29) is 24.0 Å². The van der Waals surface area contributed by atoms with Crippen LogP contribution in [0.3, 0.4) is 0 Å². The van der Waals surface area contributed by atoms with E-state index in [0.29, 0.717) is 6.42 Å². The first-order valence-corrected chi connectivity index (χ1v) is 10.3. The lowest BCUT2D eigenvalue weighted by Crippen LogP contribution is -2.51. The van der Waals surface area contributed by atoms with Gasteiger partial charge in [-0.3, -0.25) is 9.59 Å². The molecular weight excluding hydrogens is 356 g/mol. The second-order valence-electron chi connectivity index (χ2n) is 7.69. The SMILES string of the molecule is CCCC(=O)N1CCC[C@H]1[C@H](OC)[C@@H](C)C(=O)N[C@H](C)C(O)c1ccccc1. The van der Waals surface area contributed by atoms with Gasteiger partial charge in [0.05, 0.1) is 30.2 Å². The number of aliphatic hydroxyl groups excluding tert-OH is 1. The maximum absolute atomic E-state index is 12.8. The maximum atomic E-state index is 12.8. The number of ether oxygens (including phenoxy) is 1. The second kappa shape index (κ2) is 10.6. The highest BCUT2D eigenvalue weighted by Crippen LogP contribution is 2.27. The lowest BCUT2D eigenvalue weighted by atomic mass is 9.94. The molecule has 1 aliphatic rings. The van der Waals surface area contributed by atoms with Crippen LogP contribution in [0.4, 0.5) is 0 Å². The van der Waals surface area contributed by atoms with Crippen LogP contribution < -0.4 is 5.32 Å². The highest BCUT2D eigenvalue weighted by atomic mass is 16.5. The van der Waals surface area contributed by atoms with E-state index in [1.54, 1.807) is 14.0 Å². The van der Waals surface area contributed by atoms with E-state index in [1.165, 1.54) is 0 Å². The van der Waals surface area contributed by atoms with Gasteiger partial charge in [-0.05, 0) is 31.7 Å². The normalized spacial score (nSPS) is 21.0. The Labute approximate surface area is 168 Å². The largest absolute Gasteiger partial charge is 0.386 e. The number of likely N-dealkylation sites (tertiary alicyclic amines) is 1. The van der Waals surface area contributed by atoms with Gasteiger partial charge in [-0.2, -0.15) is 0 Å². The average molecular weight is 391 g/mol. The van der Waals surface area contributed by atoms with Gasteiger partial charge in [-0.15, -0.1) is 0 Å². The summed E-state index contributed by atoms with van der Waals surface area (Å²) >= 11 is 0. The molecule has 5 atom stereocenters. The van der Waals surface area contributed by atoms with Gasteiger partial charge >= 0.3 is 0 Å². The summed E-state index contributed by atoms with van der Waals surface area (Å²) in [5, 5.41) is 13.4. The maximum Gasteiger partial charge on any atom is 0.225 e. The number of nitrogens with one attached hydrogen (secondary N) is 1. The van der Waals surface area contributed by atoms with Crippen LogP contribution in [-0.2, 0) is 14.3 Å². The number of rotatable bonds is 9. The van der Waals surface area contributed by atoms with E-state index < -0.39 is 18.1 Å². The number of carbonyl (C=O) groups excluding carboxylic acids is 2. The van der Waals surface area contributed by atoms with Crippen molar-refractivity contribution in [3.63, 3.8) is 0 Å². The molecule has 156 valence electrons. The molecule has 6 nitrogen and oxygen atoms in total. The lowest BCUT2D eigenvalue weighted by molar-refractivity contribution is -0.140. The molecule has 0 saturated carbocycles. The molecule has 6 heteroatoms. The first-order valence-electron chi connectivity index (χ1n) is 10.3. The molecule has 2 rings (SSSR count). The first-order chi connectivity index (χ1) is 13.4. The highest BCUT2D eigenvalue weighted by molar-refractivity contribution is 5.80. The highest BCUT2D eigenvalue weighted by Gasteiger charge is 2.39. The molecule has 1 saturated heterocycles. The molecule has 0 bridgehead atoms. The number of methoxy groups -OCH3 is 1. The average Bonchev–Trinajstić information content (AvgIpc) is 3.18. The van der Waals surface area contributed by atoms with Gasteiger partial charge in [0.15, 0.2) is 0 Å². The zero-order chi connectivity index (χ0) is 20.7. The number of aliphatic hydroxyl groups is 1. The van der Waals surface area contributed by atoms with Crippen molar-refractivity contribution in [3.8, 4) is 0 Å². The molecule has 2 N–H and O–H groups in total. The van der Waals surface area contributed by atoms with Crippen LogP contribution in [0.2, 0.25) is 0 Å². The van der Waals surface area contributed by atoms with Crippen molar-refractivity contribution in [2.45, 2.75) is 70.7 Å². The molecule has 1 heterocycles. The van der Waals surface area contributed by atoms with Crippen LogP contribution in [0.5, 0.6) is 0 Å². The van der Waals surface area contributed by atoms with Crippen LogP contribution in [-0.4, -0.2) is 53.7 Å². The minimum Gasteiger partial charge on any atom is -0.386 e. The number of hydrogen-bond acceptors (Lipinski definition) is 4. The van der Waals surface area contributed by atoms with Gasteiger partial charge < -0.3 is 20.1 Å². The van der Waals surface area contributed by atoms with Crippen LogP contribution in [0.25, 0.3) is 0 Å². The summed E-state index contributed by atoms with van der Waals surface area (Å²) in [4.78, 5) is 27.2. The molecule has 0 aromatic heterocycles. The van der Waals surface area contributed by atoms with Crippen molar-refractivity contribution in [2.75, 3.05) is 13.7 Å². The summed E-state index contributed by atoms with van der Waals surface area (Å²) < 4.78 is 5.69. The number of carbonyl (C=O) groups is 2. The summed E-state index contributed by atoms with van der Waals surface area (Å²) in [7, 11) is 1.59. The standard InChI is InChI=1S/C22H34N2O4/c1-5-10-19(25)24-14-9-13-18(24)21(28-4)15(2)22(27)23-16(3)20(26)17-11-7-6-8-12-17/h6-8,11-12,15-16,18,20-21,26H,5,9-10,13-14H2,1-4H3,(H,23,27)/t15-,16-,18+,20?,21-/m1/s1. The van der Waals surface area contributed by atoms with Crippen molar-refractivity contribution >= 4 is 11.8 Å². The summed E-state index contributed by atoms with van der Waals surface area (Å²) in [6.07, 6.45) is 1.95. The fraction of sp³-hybridized carbons (Fsp3) is 0.636. The van der Waals surface area contributed by atoms with E-state index in [9.17, 15) is 14.7 Å². The summed E-state index contributed by atoms with van der Waals surface area (Å²) in [6, 6.07) is 8.76. The Balaban J connectivity index is 2.02. The Hall–Kier alpha value is -1.92. The molecule has 0 spiro atoms. The van der Waals surface area contributed by atoms with Crippen LogP contribution in [0.1, 0.15) is 58.1 Å². The third kappa shape index (κ3) is 5.32. The van der Waals surface area contributed by atoms with E-state index in [0.717, 1.165) is 31.4 Å². The molecule has 0 radical (unpaired) electrons.